The Morgan fingerprint density at radius 3 is 2.75 bits per heavy atom. The minimum atomic E-state index is -0.937. The zero-order valence-electron chi connectivity index (χ0n) is 10.9. The summed E-state index contributed by atoms with van der Waals surface area (Å²) in [6, 6.07) is 6.71. The number of rotatable bonds is 5. The van der Waals surface area contributed by atoms with Crippen LogP contribution in [0.4, 0.5) is 0 Å². The van der Waals surface area contributed by atoms with Gasteiger partial charge in [-0.05, 0) is 31.2 Å². The Kier molecular flexibility index (Phi) is 4.29. The first-order valence-electron chi connectivity index (χ1n) is 6.21. The molecule has 0 aliphatic carbocycles. The van der Waals surface area contributed by atoms with Crippen LogP contribution in [0.3, 0.4) is 0 Å². The molecule has 5 nitrogen and oxygen atoms in total. The molecule has 0 radical (unpaired) electrons. The van der Waals surface area contributed by atoms with Crippen molar-refractivity contribution in [3.8, 4) is 0 Å². The highest BCUT2D eigenvalue weighted by molar-refractivity contribution is 6.31. The van der Waals surface area contributed by atoms with Crippen molar-refractivity contribution in [3.05, 3.63) is 35.0 Å². The number of benzene rings is 1. The Hall–Kier alpha value is -2.01. The van der Waals surface area contributed by atoms with Crippen molar-refractivity contribution in [2.75, 3.05) is 13.1 Å². The lowest BCUT2D eigenvalue weighted by molar-refractivity contribution is -0.137. The molecule has 2 rings (SSSR count). The molecule has 6 heteroatoms. The van der Waals surface area contributed by atoms with E-state index in [2.05, 4.69) is 0 Å². The third-order valence-corrected chi connectivity index (χ3v) is 3.19. The van der Waals surface area contributed by atoms with E-state index < -0.39 is 5.97 Å². The Balaban J connectivity index is 2.22. The van der Waals surface area contributed by atoms with E-state index in [9.17, 15) is 9.59 Å². The molecule has 0 saturated carbocycles. The monoisotopic (exact) mass is 295 g/mol. The standard InChI is InChI=1S/C14H14ClNO4/c1-2-16(6-5-13(17)18)14(19)12-8-9-7-10(15)3-4-11(9)20-12/h3-4,7-8H,2,5-6H2,1H3,(H,17,18). The van der Waals surface area contributed by atoms with Crippen LogP contribution in [-0.2, 0) is 4.79 Å². The van der Waals surface area contributed by atoms with E-state index >= 15 is 0 Å². The van der Waals surface area contributed by atoms with Crippen LogP contribution < -0.4 is 0 Å². The van der Waals surface area contributed by atoms with Gasteiger partial charge in [0.1, 0.15) is 5.58 Å². The average molecular weight is 296 g/mol. The molecule has 106 valence electrons. The number of hydrogen-bond donors (Lipinski definition) is 1. The fourth-order valence-corrected chi connectivity index (χ4v) is 2.09. The fraction of sp³-hybridized carbons (Fsp3) is 0.286. The van der Waals surface area contributed by atoms with E-state index in [1.807, 2.05) is 0 Å². The summed E-state index contributed by atoms with van der Waals surface area (Å²) in [5.41, 5.74) is 0.576. The number of fused-ring (bicyclic) bond motifs is 1. The van der Waals surface area contributed by atoms with Crippen LogP contribution in [0.25, 0.3) is 11.0 Å². The van der Waals surface area contributed by atoms with Crippen LogP contribution in [0.2, 0.25) is 5.02 Å². The normalized spacial score (nSPS) is 10.7. The van der Waals surface area contributed by atoms with Gasteiger partial charge >= 0.3 is 5.97 Å². The maximum Gasteiger partial charge on any atom is 0.305 e. The fourth-order valence-electron chi connectivity index (χ4n) is 1.91. The van der Waals surface area contributed by atoms with Crippen molar-refractivity contribution < 1.29 is 19.1 Å². The zero-order valence-corrected chi connectivity index (χ0v) is 11.7. The number of hydrogen-bond acceptors (Lipinski definition) is 3. The number of carbonyl (C=O) groups is 2. The highest BCUT2D eigenvalue weighted by Crippen LogP contribution is 2.23. The molecule has 1 aromatic heterocycles. The molecule has 1 aromatic carbocycles. The van der Waals surface area contributed by atoms with Gasteiger partial charge in [0.2, 0.25) is 0 Å². The predicted molar refractivity (Wildman–Crippen MR) is 75.1 cm³/mol. The van der Waals surface area contributed by atoms with Gasteiger partial charge in [-0.1, -0.05) is 11.6 Å². The summed E-state index contributed by atoms with van der Waals surface area (Å²) in [7, 11) is 0. The summed E-state index contributed by atoms with van der Waals surface area (Å²) in [5.74, 6) is -1.07. The molecule has 0 aliphatic heterocycles. The van der Waals surface area contributed by atoms with Gasteiger partial charge in [-0.25, -0.2) is 0 Å². The predicted octanol–water partition coefficient (Wildman–Crippen LogP) is 3.02. The quantitative estimate of drug-likeness (QED) is 0.920. The second kappa shape index (κ2) is 5.96. The number of halogens is 1. The molecule has 0 unspecified atom stereocenters. The van der Waals surface area contributed by atoms with E-state index in [4.69, 9.17) is 21.1 Å². The number of furan rings is 1. The van der Waals surface area contributed by atoms with Gasteiger partial charge in [-0.2, -0.15) is 0 Å². The Labute approximate surface area is 120 Å². The second-order valence-electron chi connectivity index (χ2n) is 4.32. The Morgan fingerprint density at radius 2 is 2.10 bits per heavy atom. The molecule has 0 aliphatic rings. The molecule has 1 N–H and O–H groups in total. The van der Waals surface area contributed by atoms with E-state index in [1.165, 1.54) is 4.90 Å². The lowest BCUT2D eigenvalue weighted by Gasteiger charge is -2.18. The molecule has 1 amide bonds. The van der Waals surface area contributed by atoms with Crippen LogP contribution in [0.15, 0.2) is 28.7 Å². The van der Waals surface area contributed by atoms with E-state index in [-0.39, 0.29) is 24.6 Å². The largest absolute Gasteiger partial charge is 0.481 e. The van der Waals surface area contributed by atoms with Crippen molar-refractivity contribution in [2.24, 2.45) is 0 Å². The molecule has 0 saturated heterocycles. The van der Waals surface area contributed by atoms with Crippen LogP contribution >= 0.6 is 11.6 Å². The van der Waals surface area contributed by atoms with Gasteiger partial charge in [0.05, 0.1) is 6.42 Å². The molecule has 2 aromatic rings. The van der Waals surface area contributed by atoms with Crippen LogP contribution in [0.1, 0.15) is 23.9 Å². The Bertz CT molecular complexity index is 650. The minimum absolute atomic E-state index is 0.0916. The first-order valence-corrected chi connectivity index (χ1v) is 6.59. The third-order valence-electron chi connectivity index (χ3n) is 2.95. The van der Waals surface area contributed by atoms with Gasteiger partial charge < -0.3 is 14.4 Å². The SMILES string of the molecule is CCN(CCC(=O)O)C(=O)c1cc2cc(Cl)ccc2o1. The van der Waals surface area contributed by atoms with Crippen LogP contribution in [0, 0.1) is 0 Å². The smallest absolute Gasteiger partial charge is 0.305 e. The zero-order chi connectivity index (χ0) is 14.7. The average Bonchev–Trinajstić information content (AvgIpc) is 2.81. The van der Waals surface area contributed by atoms with E-state index in [0.717, 1.165) is 5.39 Å². The molecule has 0 spiro atoms. The molecular weight excluding hydrogens is 282 g/mol. The number of aliphatic carboxylic acids is 1. The minimum Gasteiger partial charge on any atom is -0.481 e. The maximum atomic E-state index is 12.2. The van der Waals surface area contributed by atoms with Crippen molar-refractivity contribution in [3.63, 3.8) is 0 Å². The topological polar surface area (TPSA) is 70.8 Å². The van der Waals surface area contributed by atoms with Crippen molar-refractivity contribution in [2.45, 2.75) is 13.3 Å². The van der Waals surface area contributed by atoms with Crippen LogP contribution in [-0.4, -0.2) is 35.0 Å². The number of amides is 1. The lowest BCUT2D eigenvalue weighted by atomic mass is 10.2. The van der Waals surface area contributed by atoms with Gasteiger partial charge in [0.15, 0.2) is 5.76 Å². The molecule has 0 atom stereocenters. The van der Waals surface area contributed by atoms with Crippen LogP contribution in [0.5, 0.6) is 0 Å². The third kappa shape index (κ3) is 3.11. The summed E-state index contributed by atoms with van der Waals surface area (Å²) in [4.78, 5) is 24.3. The number of carbonyl (C=O) groups excluding carboxylic acids is 1. The highest BCUT2D eigenvalue weighted by atomic mass is 35.5. The van der Waals surface area contributed by atoms with Crippen molar-refractivity contribution >= 4 is 34.4 Å². The van der Waals surface area contributed by atoms with Crippen molar-refractivity contribution in [1.82, 2.24) is 4.90 Å². The summed E-state index contributed by atoms with van der Waals surface area (Å²) in [6.45, 7) is 2.37. The van der Waals surface area contributed by atoms with Gasteiger partial charge in [0, 0.05) is 23.5 Å². The van der Waals surface area contributed by atoms with Gasteiger partial charge in [0.25, 0.3) is 5.91 Å². The lowest BCUT2D eigenvalue weighted by Crippen LogP contribution is -2.32. The second-order valence-corrected chi connectivity index (χ2v) is 4.76. The highest BCUT2D eigenvalue weighted by Gasteiger charge is 2.19. The Morgan fingerprint density at radius 1 is 1.35 bits per heavy atom. The van der Waals surface area contributed by atoms with Gasteiger partial charge in [-0.3, -0.25) is 9.59 Å². The first kappa shape index (κ1) is 14.4. The number of carboxylic acids is 1. The van der Waals surface area contributed by atoms with Crippen molar-refractivity contribution in [1.29, 1.82) is 0 Å². The van der Waals surface area contributed by atoms with Gasteiger partial charge in [-0.15, -0.1) is 0 Å². The summed E-state index contributed by atoms with van der Waals surface area (Å²) in [5, 5.41) is 9.99. The number of nitrogens with zero attached hydrogens (tertiary/aromatic N) is 1. The maximum absolute atomic E-state index is 12.2. The summed E-state index contributed by atoms with van der Waals surface area (Å²) < 4.78 is 5.48. The first-order chi connectivity index (χ1) is 9.51. The van der Waals surface area contributed by atoms with E-state index in [1.54, 1.807) is 31.2 Å². The molecule has 0 fully saturated rings. The molecular formula is C14H14ClNO4. The molecule has 1 heterocycles. The molecule has 0 bridgehead atoms. The summed E-state index contributed by atoms with van der Waals surface area (Å²) in [6.07, 6.45) is -0.0916. The number of carboxylic acid groups (broad SMARTS) is 1. The molecule has 20 heavy (non-hydrogen) atoms. The van der Waals surface area contributed by atoms with E-state index in [0.29, 0.717) is 17.2 Å². The summed E-state index contributed by atoms with van der Waals surface area (Å²) >= 11 is 5.88.